The number of aliphatic hydroxyl groups is 1. The third-order valence-corrected chi connectivity index (χ3v) is 6.12. The lowest BCUT2D eigenvalue weighted by atomic mass is 9.93. The number of amides is 2. The first kappa shape index (κ1) is 22.0. The van der Waals surface area contributed by atoms with Gasteiger partial charge < -0.3 is 25.8 Å². The second kappa shape index (κ2) is 8.74. The molecule has 3 heterocycles. The normalized spacial score (nSPS) is 28.3. The second-order valence-electron chi connectivity index (χ2n) is 8.47. The summed E-state index contributed by atoms with van der Waals surface area (Å²) in [5.74, 6) is -1.63. The zero-order valence-electron chi connectivity index (χ0n) is 17.9. The Balaban J connectivity index is 1.39. The number of anilines is 1. The van der Waals surface area contributed by atoms with E-state index in [9.17, 15) is 23.9 Å². The van der Waals surface area contributed by atoms with Crippen LogP contribution in [0.15, 0.2) is 35.5 Å². The number of aliphatic hydroxyl groups excluding tert-OH is 1. The summed E-state index contributed by atoms with van der Waals surface area (Å²) in [6.45, 7) is 3.98. The molecular formula is C23H26FN3O5. The molecule has 3 aliphatic rings. The maximum absolute atomic E-state index is 13.7. The largest absolute Gasteiger partial charge is 0.462 e. The van der Waals surface area contributed by atoms with Crippen molar-refractivity contribution in [2.45, 2.75) is 51.4 Å². The molecule has 1 aromatic carbocycles. The maximum Gasteiger partial charge on any atom is 0.308 e. The monoisotopic (exact) mass is 443 g/mol. The Kier molecular flexibility index (Phi) is 6.01. The van der Waals surface area contributed by atoms with Crippen molar-refractivity contribution in [1.29, 1.82) is 0 Å². The summed E-state index contributed by atoms with van der Waals surface area (Å²) < 4.78 is 18.9. The number of hydrogen-bond donors (Lipinski definition) is 4. The Morgan fingerprint density at radius 2 is 2.16 bits per heavy atom. The molecule has 8 nitrogen and oxygen atoms in total. The summed E-state index contributed by atoms with van der Waals surface area (Å²) in [6.07, 6.45) is 1.39. The lowest BCUT2D eigenvalue weighted by Crippen LogP contribution is -2.36. The highest BCUT2D eigenvalue weighted by Crippen LogP contribution is 2.35. The van der Waals surface area contributed by atoms with E-state index < -0.39 is 24.0 Å². The number of carbonyl (C=O) groups excluding carboxylic acids is 3. The maximum atomic E-state index is 13.7. The van der Waals surface area contributed by atoms with Crippen molar-refractivity contribution in [1.82, 2.24) is 10.6 Å². The van der Waals surface area contributed by atoms with Gasteiger partial charge in [0, 0.05) is 53.4 Å². The van der Waals surface area contributed by atoms with Crippen LogP contribution in [0.5, 0.6) is 0 Å². The van der Waals surface area contributed by atoms with E-state index in [2.05, 4.69) is 16.0 Å². The van der Waals surface area contributed by atoms with Crippen molar-refractivity contribution in [3.8, 4) is 0 Å². The van der Waals surface area contributed by atoms with Gasteiger partial charge in [0.15, 0.2) is 0 Å². The van der Waals surface area contributed by atoms with Crippen LogP contribution in [-0.2, 0) is 19.1 Å². The number of ether oxygens (including phenoxy) is 1. The summed E-state index contributed by atoms with van der Waals surface area (Å²) in [7, 11) is 0. The average molecular weight is 443 g/mol. The van der Waals surface area contributed by atoms with Gasteiger partial charge in [-0.3, -0.25) is 14.4 Å². The van der Waals surface area contributed by atoms with Crippen LogP contribution >= 0.6 is 0 Å². The summed E-state index contributed by atoms with van der Waals surface area (Å²) in [5.41, 5.74) is 2.71. The molecule has 4 rings (SSSR count). The van der Waals surface area contributed by atoms with Crippen molar-refractivity contribution in [3.63, 3.8) is 0 Å². The second-order valence-corrected chi connectivity index (χ2v) is 8.47. The number of carbonyl (C=O) groups is 3. The molecule has 0 saturated carbocycles. The minimum Gasteiger partial charge on any atom is -0.462 e. The molecule has 4 N–H and O–H groups in total. The number of esters is 1. The Hall–Kier alpha value is -3.20. The van der Waals surface area contributed by atoms with Gasteiger partial charge in [0.1, 0.15) is 11.9 Å². The smallest absolute Gasteiger partial charge is 0.308 e. The number of halogens is 1. The molecule has 4 atom stereocenters. The molecule has 0 bridgehead atoms. The molecule has 9 heteroatoms. The quantitative estimate of drug-likeness (QED) is 0.406. The molecule has 1 aromatic rings. The van der Waals surface area contributed by atoms with Gasteiger partial charge in [-0.1, -0.05) is 6.92 Å². The highest BCUT2D eigenvalue weighted by atomic mass is 19.1. The third kappa shape index (κ3) is 4.38. The summed E-state index contributed by atoms with van der Waals surface area (Å²) in [6, 6.07) is 3.84. The van der Waals surface area contributed by atoms with Crippen LogP contribution in [0.4, 0.5) is 10.1 Å². The topological polar surface area (TPSA) is 117 Å². The highest BCUT2D eigenvalue weighted by Gasteiger charge is 2.35. The molecule has 4 unspecified atom stereocenters. The SMILES string of the molecule is CC1=C(C(=O)NCCC2CC(O)CC(=O)O2)C(C)C(/C=C2\C(=O)Nc3ccc(F)cc32)N1. The first-order valence-electron chi connectivity index (χ1n) is 10.7. The molecule has 32 heavy (non-hydrogen) atoms. The molecule has 0 aromatic heterocycles. The molecule has 3 aliphatic heterocycles. The number of allylic oxidation sites excluding steroid dienone is 1. The molecule has 0 aliphatic carbocycles. The number of hydrogen-bond acceptors (Lipinski definition) is 6. The van der Waals surface area contributed by atoms with Crippen LogP contribution in [0.3, 0.4) is 0 Å². The molecule has 0 spiro atoms. The molecule has 1 saturated heterocycles. The van der Waals surface area contributed by atoms with Crippen LogP contribution < -0.4 is 16.0 Å². The van der Waals surface area contributed by atoms with E-state index in [0.717, 1.165) is 0 Å². The first-order valence-corrected chi connectivity index (χ1v) is 10.7. The molecule has 170 valence electrons. The Morgan fingerprint density at radius 3 is 2.91 bits per heavy atom. The van der Waals surface area contributed by atoms with E-state index in [0.29, 0.717) is 47.5 Å². The first-order chi connectivity index (χ1) is 15.2. The predicted molar refractivity (Wildman–Crippen MR) is 115 cm³/mol. The Bertz CT molecular complexity index is 1030. The summed E-state index contributed by atoms with van der Waals surface area (Å²) in [5, 5.41) is 18.5. The van der Waals surface area contributed by atoms with E-state index in [4.69, 9.17) is 4.74 Å². The fourth-order valence-corrected chi connectivity index (χ4v) is 4.52. The minimum absolute atomic E-state index is 0.00412. The third-order valence-electron chi connectivity index (χ3n) is 6.12. The summed E-state index contributed by atoms with van der Waals surface area (Å²) >= 11 is 0. The Labute approximate surface area is 184 Å². The van der Waals surface area contributed by atoms with Crippen molar-refractivity contribution in [2.24, 2.45) is 5.92 Å². The predicted octanol–water partition coefficient (Wildman–Crippen LogP) is 1.62. The summed E-state index contributed by atoms with van der Waals surface area (Å²) in [4.78, 5) is 36.6. The molecule has 1 fully saturated rings. The van der Waals surface area contributed by atoms with Crippen LogP contribution in [0.2, 0.25) is 0 Å². The number of cyclic esters (lactones) is 1. The van der Waals surface area contributed by atoms with E-state index >= 15 is 0 Å². The van der Waals surface area contributed by atoms with Gasteiger partial charge in [-0.05, 0) is 31.2 Å². The molecule has 2 amide bonds. The van der Waals surface area contributed by atoms with Crippen molar-refractivity contribution in [3.05, 3.63) is 46.9 Å². The fraction of sp³-hybridized carbons (Fsp3) is 0.435. The van der Waals surface area contributed by atoms with Crippen molar-refractivity contribution in [2.75, 3.05) is 11.9 Å². The van der Waals surface area contributed by atoms with Gasteiger partial charge in [0.2, 0.25) is 5.91 Å². The van der Waals surface area contributed by atoms with Crippen LogP contribution in [0.25, 0.3) is 5.57 Å². The van der Waals surface area contributed by atoms with Crippen LogP contribution in [0, 0.1) is 11.7 Å². The van der Waals surface area contributed by atoms with Gasteiger partial charge in [0.05, 0.1) is 18.6 Å². The number of rotatable bonds is 5. The van der Waals surface area contributed by atoms with Gasteiger partial charge in [-0.15, -0.1) is 0 Å². The van der Waals surface area contributed by atoms with Gasteiger partial charge in [-0.25, -0.2) is 4.39 Å². The zero-order valence-corrected chi connectivity index (χ0v) is 17.9. The van der Waals surface area contributed by atoms with Crippen molar-refractivity contribution >= 4 is 29.0 Å². The number of benzene rings is 1. The number of nitrogens with one attached hydrogen (secondary N) is 3. The van der Waals surface area contributed by atoms with Crippen molar-refractivity contribution < 1.29 is 28.6 Å². The average Bonchev–Trinajstić information content (AvgIpc) is 3.16. The molecular weight excluding hydrogens is 417 g/mol. The number of fused-ring (bicyclic) bond motifs is 1. The minimum atomic E-state index is -0.707. The highest BCUT2D eigenvalue weighted by molar-refractivity contribution is 6.31. The van der Waals surface area contributed by atoms with E-state index in [1.807, 2.05) is 6.92 Å². The van der Waals surface area contributed by atoms with E-state index in [1.54, 1.807) is 13.0 Å². The lowest BCUT2D eigenvalue weighted by Gasteiger charge is -2.26. The van der Waals surface area contributed by atoms with Crippen LogP contribution in [0.1, 0.15) is 38.7 Å². The fourth-order valence-electron chi connectivity index (χ4n) is 4.52. The van der Waals surface area contributed by atoms with Gasteiger partial charge in [-0.2, -0.15) is 0 Å². The standard InChI is InChI=1S/C23H26FN3O5/c1-11-19(10-17-16-7-13(24)3-4-18(16)27-22(17)30)26-12(2)21(11)23(31)25-6-5-15-8-14(28)9-20(29)32-15/h3-4,7,10-11,14-15,19,26,28H,5-6,8-9H2,1-2H3,(H,25,31)(H,27,30)/b17-10-. The van der Waals surface area contributed by atoms with E-state index in [1.165, 1.54) is 18.2 Å². The van der Waals surface area contributed by atoms with Crippen LogP contribution in [-0.4, -0.2) is 47.7 Å². The Morgan fingerprint density at radius 1 is 1.38 bits per heavy atom. The lowest BCUT2D eigenvalue weighted by molar-refractivity contribution is -0.160. The van der Waals surface area contributed by atoms with Gasteiger partial charge >= 0.3 is 5.97 Å². The zero-order chi connectivity index (χ0) is 23.0. The van der Waals surface area contributed by atoms with Gasteiger partial charge in [0.25, 0.3) is 5.91 Å². The van der Waals surface area contributed by atoms with E-state index in [-0.39, 0.29) is 30.2 Å². The molecule has 0 radical (unpaired) electrons.